The Morgan fingerprint density at radius 1 is 1.10 bits per heavy atom. The van der Waals surface area contributed by atoms with E-state index in [9.17, 15) is 22.8 Å². The van der Waals surface area contributed by atoms with Crippen molar-refractivity contribution in [3.63, 3.8) is 0 Å². The van der Waals surface area contributed by atoms with E-state index in [1.165, 1.54) is 19.2 Å². The molecule has 0 aromatic carbocycles. The van der Waals surface area contributed by atoms with E-state index >= 15 is 0 Å². The molecular weight excluding hydrogens is 423 g/mol. The molecule has 0 saturated carbocycles. The molecular formula is C17H14F3N7O2S. The van der Waals surface area contributed by atoms with E-state index in [4.69, 9.17) is 5.73 Å². The van der Waals surface area contributed by atoms with Crippen molar-refractivity contribution in [2.45, 2.75) is 19.6 Å². The van der Waals surface area contributed by atoms with Crippen LogP contribution in [0.1, 0.15) is 36.3 Å². The minimum atomic E-state index is -4.56. The second kappa shape index (κ2) is 8.41. The van der Waals surface area contributed by atoms with E-state index < -0.39 is 23.6 Å². The van der Waals surface area contributed by atoms with Gasteiger partial charge in [0.05, 0.1) is 18.3 Å². The average Bonchev–Trinajstić information content (AvgIpc) is 3.16. The van der Waals surface area contributed by atoms with E-state index in [0.29, 0.717) is 5.01 Å². The molecule has 0 atom stereocenters. The zero-order valence-corrected chi connectivity index (χ0v) is 16.1. The highest BCUT2D eigenvalue weighted by atomic mass is 32.1. The predicted molar refractivity (Wildman–Crippen MR) is 102 cm³/mol. The monoisotopic (exact) mass is 437 g/mol. The number of nitrogens with one attached hydrogen (secondary N) is 2. The van der Waals surface area contributed by atoms with Crippen molar-refractivity contribution in [2.24, 2.45) is 0 Å². The summed E-state index contributed by atoms with van der Waals surface area (Å²) in [6.07, 6.45) is -1.12. The van der Waals surface area contributed by atoms with Gasteiger partial charge in [-0.05, 0) is 18.6 Å². The molecule has 3 aromatic rings. The second-order valence-corrected chi connectivity index (χ2v) is 7.08. The zero-order chi connectivity index (χ0) is 21.9. The van der Waals surface area contributed by atoms with Gasteiger partial charge in [0.25, 0.3) is 11.8 Å². The molecule has 0 aliphatic heterocycles. The molecule has 13 heteroatoms. The van der Waals surface area contributed by atoms with Crippen molar-refractivity contribution < 1.29 is 22.8 Å². The number of pyridine rings is 1. The molecule has 3 aromatic heterocycles. The number of nitrogen functional groups attached to an aromatic ring is 1. The summed E-state index contributed by atoms with van der Waals surface area (Å²) in [4.78, 5) is 39.8. The lowest BCUT2D eigenvalue weighted by atomic mass is 10.1. The molecule has 156 valence electrons. The number of nitrogens with zero attached hydrogens (tertiary/aromatic N) is 4. The highest BCUT2D eigenvalue weighted by Gasteiger charge is 2.33. The maximum absolute atomic E-state index is 13.0. The van der Waals surface area contributed by atoms with Gasteiger partial charge in [-0.2, -0.15) is 13.2 Å². The summed E-state index contributed by atoms with van der Waals surface area (Å²) in [6, 6.07) is 2.07. The third kappa shape index (κ3) is 5.05. The summed E-state index contributed by atoms with van der Waals surface area (Å²) >= 11 is 0.968. The number of halogens is 3. The Bertz CT molecular complexity index is 1100. The molecule has 2 amide bonds. The number of nitrogens with two attached hydrogens (primary N) is 1. The lowest BCUT2D eigenvalue weighted by molar-refractivity contribution is -0.138. The molecule has 0 unspecified atom stereocenters. The summed E-state index contributed by atoms with van der Waals surface area (Å²) in [6.45, 7) is 1.29. The first-order valence-corrected chi connectivity index (χ1v) is 9.10. The quantitative estimate of drug-likeness (QED) is 0.558. The first-order valence-electron chi connectivity index (χ1n) is 8.29. The summed E-state index contributed by atoms with van der Waals surface area (Å²) in [7, 11) is 0. The highest BCUT2D eigenvalue weighted by molar-refractivity contribution is 7.13. The fraction of sp³-hybridized carbons (Fsp3) is 0.176. The standard InChI is InChI=1S/C17H14F3N7O2S/c1-8-4-22-13(2-9(8)17(18,19)20)27-16(29)11-5-23-14(30-11)6-24-15(28)10-3-12(21)26-7-25-10/h2-5,7H,6H2,1H3,(H,24,28)(H2,21,25,26)(H,22,27,29). The number of aromatic nitrogens is 4. The van der Waals surface area contributed by atoms with Gasteiger partial charge in [-0.15, -0.1) is 11.3 Å². The smallest absolute Gasteiger partial charge is 0.384 e. The van der Waals surface area contributed by atoms with Crippen molar-refractivity contribution in [1.29, 1.82) is 0 Å². The summed E-state index contributed by atoms with van der Waals surface area (Å²) in [5, 5.41) is 5.29. The fourth-order valence-corrected chi connectivity index (χ4v) is 3.07. The van der Waals surface area contributed by atoms with Gasteiger partial charge in [-0.25, -0.2) is 19.9 Å². The van der Waals surface area contributed by atoms with Gasteiger partial charge in [0.1, 0.15) is 33.5 Å². The fourth-order valence-electron chi connectivity index (χ4n) is 2.32. The van der Waals surface area contributed by atoms with Gasteiger partial charge in [-0.3, -0.25) is 9.59 Å². The van der Waals surface area contributed by atoms with Crippen molar-refractivity contribution in [3.8, 4) is 0 Å². The molecule has 9 nitrogen and oxygen atoms in total. The van der Waals surface area contributed by atoms with Gasteiger partial charge in [0, 0.05) is 12.3 Å². The van der Waals surface area contributed by atoms with E-state index in [1.807, 2.05) is 0 Å². The lowest BCUT2D eigenvalue weighted by Gasteiger charge is -2.11. The van der Waals surface area contributed by atoms with Crippen LogP contribution in [-0.4, -0.2) is 31.8 Å². The third-order valence-corrected chi connectivity index (χ3v) is 4.74. The number of carbonyl (C=O) groups is 2. The summed E-state index contributed by atoms with van der Waals surface area (Å²) in [5.74, 6) is -1.27. The normalized spacial score (nSPS) is 11.2. The summed E-state index contributed by atoms with van der Waals surface area (Å²) in [5.41, 5.74) is 4.63. The molecule has 3 heterocycles. The van der Waals surface area contributed by atoms with Gasteiger partial charge in [0.2, 0.25) is 0 Å². The van der Waals surface area contributed by atoms with Crippen LogP contribution in [0.5, 0.6) is 0 Å². The lowest BCUT2D eigenvalue weighted by Crippen LogP contribution is -2.24. The number of carbonyl (C=O) groups excluding carboxylic acids is 2. The van der Waals surface area contributed by atoms with Crippen LogP contribution in [0.4, 0.5) is 24.8 Å². The molecule has 0 spiro atoms. The number of anilines is 2. The van der Waals surface area contributed by atoms with E-state index in [-0.39, 0.29) is 34.3 Å². The first-order chi connectivity index (χ1) is 14.1. The Kier molecular flexibility index (Phi) is 5.91. The van der Waals surface area contributed by atoms with Crippen LogP contribution in [-0.2, 0) is 12.7 Å². The van der Waals surface area contributed by atoms with Crippen LogP contribution >= 0.6 is 11.3 Å². The molecule has 0 fully saturated rings. The molecule has 4 N–H and O–H groups in total. The number of alkyl halides is 3. The van der Waals surface area contributed by atoms with Crippen molar-refractivity contribution in [1.82, 2.24) is 25.3 Å². The first kappa shape index (κ1) is 21.1. The Morgan fingerprint density at radius 3 is 2.57 bits per heavy atom. The Labute approximate surface area is 171 Å². The molecule has 0 aliphatic rings. The van der Waals surface area contributed by atoms with Crippen LogP contribution in [0.2, 0.25) is 0 Å². The topological polar surface area (TPSA) is 136 Å². The van der Waals surface area contributed by atoms with Crippen LogP contribution in [0.3, 0.4) is 0 Å². The number of amides is 2. The van der Waals surface area contributed by atoms with Crippen molar-refractivity contribution in [3.05, 3.63) is 57.6 Å². The average molecular weight is 437 g/mol. The Hall–Kier alpha value is -3.61. The van der Waals surface area contributed by atoms with E-state index in [0.717, 1.165) is 29.9 Å². The zero-order valence-electron chi connectivity index (χ0n) is 15.3. The third-order valence-electron chi connectivity index (χ3n) is 3.75. The maximum atomic E-state index is 13.0. The van der Waals surface area contributed by atoms with Crippen LogP contribution in [0, 0.1) is 6.92 Å². The maximum Gasteiger partial charge on any atom is 0.416 e. The van der Waals surface area contributed by atoms with Crippen LogP contribution in [0.15, 0.2) is 30.9 Å². The van der Waals surface area contributed by atoms with Crippen LogP contribution in [0.25, 0.3) is 0 Å². The largest absolute Gasteiger partial charge is 0.416 e. The minimum absolute atomic E-state index is 0.0156. The molecule has 0 radical (unpaired) electrons. The Morgan fingerprint density at radius 2 is 1.87 bits per heavy atom. The van der Waals surface area contributed by atoms with Gasteiger partial charge < -0.3 is 16.4 Å². The van der Waals surface area contributed by atoms with Crippen molar-refractivity contribution in [2.75, 3.05) is 11.1 Å². The van der Waals surface area contributed by atoms with Crippen LogP contribution < -0.4 is 16.4 Å². The van der Waals surface area contributed by atoms with Gasteiger partial charge in [-0.1, -0.05) is 0 Å². The molecule has 30 heavy (non-hydrogen) atoms. The minimum Gasteiger partial charge on any atom is -0.384 e. The number of rotatable bonds is 5. The molecule has 3 rings (SSSR count). The Balaban J connectivity index is 1.63. The second-order valence-electron chi connectivity index (χ2n) is 5.97. The number of hydrogen-bond donors (Lipinski definition) is 3. The highest BCUT2D eigenvalue weighted by Crippen LogP contribution is 2.32. The van der Waals surface area contributed by atoms with Crippen molar-refractivity contribution >= 4 is 34.8 Å². The van der Waals surface area contributed by atoms with Gasteiger partial charge in [0.15, 0.2) is 0 Å². The summed E-state index contributed by atoms with van der Waals surface area (Å²) < 4.78 is 39.0. The van der Waals surface area contributed by atoms with E-state index in [2.05, 4.69) is 30.6 Å². The number of hydrogen-bond acceptors (Lipinski definition) is 8. The number of thiazole rings is 1. The van der Waals surface area contributed by atoms with E-state index in [1.54, 1.807) is 0 Å². The molecule has 0 aliphatic carbocycles. The molecule has 0 bridgehead atoms. The predicted octanol–water partition coefficient (Wildman–Crippen LogP) is 2.42. The molecule has 0 saturated heterocycles. The number of aryl methyl sites for hydroxylation is 1. The SMILES string of the molecule is Cc1cnc(NC(=O)c2cnc(CNC(=O)c3cc(N)ncn3)s2)cc1C(F)(F)F. The van der Waals surface area contributed by atoms with Gasteiger partial charge >= 0.3 is 6.18 Å².